The molecule has 2 aliphatic rings. The van der Waals surface area contributed by atoms with Crippen molar-refractivity contribution >= 4 is 23.9 Å². The number of ether oxygens (including phenoxy) is 5. The molecule has 2 aliphatic heterocycles. The molecule has 4 aromatic carbocycles. The highest BCUT2D eigenvalue weighted by atomic mass is 16.7. The number of benzene rings is 4. The third kappa shape index (κ3) is 6.45. The summed E-state index contributed by atoms with van der Waals surface area (Å²) in [7, 11) is 0. The van der Waals surface area contributed by atoms with Gasteiger partial charge in [-0.15, -0.1) is 0 Å². The van der Waals surface area contributed by atoms with Crippen LogP contribution in [0.3, 0.4) is 0 Å². The Bertz CT molecular complexity index is 2290. The van der Waals surface area contributed by atoms with E-state index in [1.54, 1.807) is 0 Å². The summed E-state index contributed by atoms with van der Waals surface area (Å²) >= 11 is 0. The lowest BCUT2D eigenvalue weighted by atomic mass is 9.92. The second kappa shape index (κ2) is 13.9. The summed E-state index contributed by atoms with van der Waals surface area (Å²) in [4.78, 5) is 54.3. The molecule has 13 N–H and O–H groups in total. The van der Waals surface area contributed by atoms with E-state index >= 15 is 0 Å². The van der Waals surface area contributed by atoms with Gasteiger partial charge in [-0.2, -0.15) is 0 Å². The fourth-order valence-electron chi connectivity index (χ4n) is 5.80. The maximum atomic E-state index is 14.0. The standard InChI is InChI=1S/C34H26O22/c35-12-1-8(2-13(36)21(12)41)30(47)55-28-27-18(53-34(51)29(28)56-31(48)9-3-14(37)22(42)15(38)4-9)7-52-32(49)10-5-16(39)23(43)25(45)19(10)20-11(33(50)54-27)6-17(40)24(44)26(20)46/h1-6,18,27-29,34-46,51H,7H2/t18-,27+,28-,29-,34+/m0/s1. The zero-order chi connectivity index (χ0) is 41.1. The first kappa shape index (κ1) is 38.0. The molecule has 0 amide bonds. The molecule has 22 heteroatoms. The van der Waals surface area contributed by atoms with Gasteiger partial charge in [0.05, 0.1) is 22.3 Å². The molecule has 0 unspecified atom stereocenters. The summed E-state index contributed by atoms with van der Waals surface area (Å²) in [5, 5.41) is 133. The van der Waals surface area contributed by atoms with Crippen LogP contribution in [0, 0.1) is 0 Å². The number of phenolic OH excluding ortho intramolecular Hbond substituents is 12. The number of aromatic hydroxyl groups is 12. The van der Waals surface area contributed by atoms with Crippen molar-refractivity contribution in [2.75, 3.05) is 6.61 Å². The minimum Gasteiger partial charge on any atom is -0.504 e. The monoisotopic (exact) mass is 786 g/mol. The second-order valence-electron chi connectivity index (χ2n) is 12.0. The predicted octanol–water partition coefficient (Wildman–Crippen LogP) is 0.685. The molecule has 1 fully saturated rings. The van der Waals surface area contributed by atoms with Gasteiger partial charge in [-0.05, 0) is 36.4 Å². The molecular weight excluding hydrogens is 760 g/mol. The normalized spacial score (nSPS) is 20.6. The highest BCUT2D eigenvalue weighted by Crippen LogP contribution is 2.53. The van der Waals surface area contributed by atoms with Crippen molar-refractivity contribution < 1.29 is 109 Å². The Labute approximate surface area is 309 Å². The predicted molar refractivity (Wildman–Crippen MR) is 174 cm³/mol. The van der Waals surface area contributed by atoms with Gasteiger partial charge in [0, 0.05) is 11.1 Å². The summed E-state index contributed by atoms with van der Waals surface area (Å²) in [6.45, 7) is -1.09. The molecule has 5 atom stereocenters. The SMILES string of the molecule is O=C(O[C@@H]1[C@H](OC(=O)c2cc(O)c(O)c(O)c2)[C@H](O)O[C@H]2COC(=O)c3cc(O)c(O)c(O)c3-c3c(cc(O)c(O)c3O)C(=O)O[C@@H]12)c1cc(O)c(O)c(O)c1. The number of fused-ring (bicyclic) bond motifs is 4. The summed E-state index contributed by atoms with van der Waals surface area (Å²) in [5.41, 5.74) is -5.28. The maximum absolute atomic E-state index is 14.0. The van der Waals surface area contributed by atoms with E-state index in [0.29, 0.717) is 36.4 Å². The Morgan fingerprint density at radius 3 is 1.38 bits per heavy atom. The topological polar surface area (TPSA) is 377 Å². The molecule has 4 aromatic rings. The molecule has 294 valence electrons. The Morgan fingerprint density at radius 1 is 0.536 bits per heavy atom. The average molecular weight is 787 g/mol. The van der Waals surface area contributed by atoms with Crippen LogP contribution in [0.2, 0.25) is 0 Å². The smallest absolute Gasteiger partial charge is 0.339 e. The Morgan fingerprint density at radius 2 is 0.929 bits per heavy atom. The quantitative estimate of drug-likeness (QED) is 0.0768. The van der Waals surface area contributed by atoms with Gasteiger partial charge in [0.2, 0.25) is 11.5 Å². The van der Waals surface area contributed by atoms with E-state index in [9.17, 15) is 85.6 Å². The number of esters is 4. The van der Waals surface area contributed by atoms with Crippen molar-refractivity contribution in [3.05, 3.63) is 58.7 Å². The number of aliphatic hydroxyl groups is 1. The van der Waals surface area contributed by atoms with Crippen LogP contribution >= 0.6 is 0 Å². The molecule has 0 spiro atoms. The highest BCUT2D eigenvalue weighted by Gasteiger charge is 2.53. The van der Waals surface area contributed by atoms with Crippen LogP contribution in [0.5, 0.6) is 69.0 Å². The minimum absolute atomic E-state index is 0.459. The van der Waals surface area contributed by atoms with Crippen LogP contribution in [0.1, 0.15) is 41.4 Å². The van der Waals surface area contributed by atoms with E-state index < -0.39 is 164 Å². The molecule has 0 radical (unpaired) electrons. The van der Waals surface area contributed by atoms with Gasteiger partial charge >= 0.3 is 23.9 Å². The van der Waals surface area contributed by atoms with Gasteiger partial charge in [-0.3, -0.25) is 0 Å². The van der Waals surface area contributed by atoms with Gasteiger partial charge in [0.25, 0.3) is 0 Å². The molecule has 1 saturated heterocycles. The molecular formula is C34H26O22. The number of hydrogen-bond donors (Lipinski definition) is 13. The van der Waals surface area contributed by atoms with E-state index in [0.717, 1.165) is 0 Å². The van der Waals surface area contributed by atoms with Crippen LogP contribution in [0.25, 0.3) is 11.1 Å². The summed E-state index contributed by atoms with van der Waals surface area (Å²) < 4.78 is 27.0. The van der Waals surface area contributed by atoms with Crippen LogP contribution in [-0.2, 0) is 23.7 Å². The molecule has 6 rings (SSSR count). The van der Waals surface area contributed by atoms with Crippen molar-refractivity contribution in [1.82, 2.24) is 0 Å². The molecule has 0 aromatic heterocycles. The van der Waals surface area contributed by atoms with Gasteiger partial charge in [0.15, 0.2) is 82.1 Å². The molecule has 2 heterocycles. The zero-order valence-electron chi connectivity index (χ0n) is 27.5. The Hall–Kier alpha value is -7.72. The number of aliphatic hydroxyl groups excluding tert-OH is 1. The van der Waals surface area contributed by atoms with Crippen LogP contribution in [0.4, 0.5) is 0 Å². The number of rotatable bonds is 4. The summed E-state index contributed by atoms with van der Waals surface area (Å²) in [5.74, 6) is -20.2. The molecule has 22 nitrogen and oxygen atoms in total. The van der Waals surface area contributed by atoms with E-state index in [1.165, 1.54) is 0 Å². The third-order valence-corrected chi connectivity index (χ3v) is 8.53. The van der Waals surface area contributed by atoms with Gasteiger partial charge in [0.1, 0.15) is 12.7 Å². The lowest BCUT2D eigenvalue weighted by Gasteiger charge is -2.42. The Balaban J connectivity index is 1.51. The van der Waals surface area contributed by atoms with Gasteiger partial charge in [-0.1, -0.05) is 0 Å². The van der Waals surface area contributed by atoms with E-state index in [1.807, 2.05) is 0 Å². The van der Waals surface area contributed by atoms with E-state index in [4.69, 9.17) is 23.7 Å². The van der Waals surface area contributed by atoms with Crippen molar-refractivity contribution in [3.63, 3.8) is 0 Å². The van der Waals surface area contributed by atoms with Crippen molar-refractivity contribution in [3.8, 4) is 80.1 Å². The number of carbonyl (C=O) groups excluding carboxylic acids is 4. The fraction of sp³-hybridized carbons (Fsp3) is 0.176. The first-order valence-corrected chi connectivity index (χ1v) is 15.5. The van der Waals surface area contributed by atoms with E-state index in [2.05, 4.69) is 0 Å². The Kier molecular flexibility index (Phi) is 9.45. The summed E-state index contributed by atoms with van der Waals surface area (Å²) in [6.07, 6.45) is -11.2. The largest absolute Gasteiger partial charge is 0.504 e. The van der Waals surface area contributed by atoms with Crippen LogP contribution in [0.15, 0.2) is 36.4 Å². The van der Waals surface area contributed by atoms with Gasteiger partial charge < -0.3 is 90.1 Å². The number of cyclic esters (lactones) is 1. The first-order valence-electron chi connectivity index (χ1n) is 15.5. The number of hydrogen-bond acceptors (Lipinski definition) is 22. The summed E-state index contributed by atoms with van der Waals surface area (Å²) in [6, 6.07) is 3.41. The highest BCUT2D eigenvalue weighted by molar-refractivity contribution is 6.08. The second-order valence-corrected chi connectivity index (χ2v) is 12.0. The lowest BCUT2D eigenvalue weighted by Crippen LogP contribution is -2.62. The van der Waals surface area contributed by atoms with Crippen molar-refractivity contribution in [2.24, 2.45) is 0 Å². The zero-order valence-corrected chi connectivity index (χ0v) is 27.5. The molecule has 0 bridgehead atoms. The average Bonchev–Trinajstić information content (AvgIpc) is 3.16. The number of phenols is 12. The van der Waals surface area contributed by atoms with Gasteiger partial charge in [-0.25, -0.2) is 19.2 Å². The fourth-order valence-corrected chi connectivity index (χ4v) is 5.80. The van der Waals surface area contributed by atoms with Crippen molar-refractivity contribution in [2.45, 2.75) is 30.7 Å². The number of carbonyl (C=O) groups is 4. The molecule has 0 aliphatic carbocycles. The molecule has 0 saturated carbocycles. The van der Waals surface area contributed by atoms with E-state index in [-0.39, 0.29) is 0 Å². The van der Waals surface area contributed by atoms with Crippen LogP contribution < -0.4 is 0 Å². The van der Waals surface area contributed by atoms with Crippen molar-refractivity contribution in [1.29, 1.82) is 0 Å². The maximum Gasteiger partial charge on any atom is 0.339 e. The molecule has 56 heavy (non-hydrogen) atoms. The minimum atomic E-state index is -2.42. The van der Waals surface area contributed by atoms with Crippen LogP contribution in [-0.4, -0.2) is 128 Å². The lowest BCUT2D eigenvalue weighted by molar-refractivity contribution is -0.284. The first-order chi connectivity index (χ1) is 26.3. The third-order valence-electron chi connectivity index (χ3n) is 8.53.